The molecule has 2 aliphatic rings. The fourth-order valence-electron chi connectivity index (χ4n) is 3.94. The monoisotopic (exact) mass is 361 g/mol. The summed E-state index contributed by atoms with van der Waals surface area (Å²) in [6.45, 7) is 5.35. The molecule has 1 aromatic rings. The Morgan fingerprint density at radius 1 is 1.08 bits per heavy atom. The molecule has 0 aliphatic carbocycles. The minimum absolute atomic E-state index is 0.102. The van der Waals surface area contributed by atoms with E-state index in [1.807, 2.05) is 13.8 Å². The molecule has 4 amide bonds. The Morgan fingerprint density at radius 2 is 1.65 bits per heavy atom. The van der Waals surface area contributed by atoms with Crippen LogP contribution >= 0.6 is 0 Å². The quantitative estimate of drug-likeness (QED) is 0.778. The molecule has 2 saturated heterocycles. The van der Waals surface area contributed by atoms with E-state index in [9.17, 15) is 18.8 Å². The van der Waals surface area contributed by atoms with E-state index in [2.05, 4.69) is 0 Å². The number of hydrogen-bond donors (Lipinski definition) is 0. The molecular weight excluding hydrogens is 337 g/mol. The third-order valence-electron chi connectivity index (χ3n) is 5.33. The van der Waals surface area contributed by atoms with E-state index in [4.69, 9.17) is 0 Å². The van der Waals surface area contributed by atoms with Crippen LogP contribution in [0.15, 0.2) is 24.3 Å². The van der Waals surface area contributed by atoms with Crippen molar-refractivity contribution in [2.75, 3.05) is 11.4 Å². The molecule has 1 aromatic carbocycles. The van der Waals surface area contributed by atoms with Crippen LogP contribution in [0.2, 0.25) is 0 Å². The summed E-state index contributed by atoms with van der Waals surface area (Å²) in [5.41, 5.74) is 0.437. The second kappa shape index (κ2) is 7.05. The number of likely N-dealkylation sites (tertiary alicyclic amines) is 1. The van der Waals surface area contributed by atoms with Crippen LogP contribution in [0.4, 0.5) is 14.9 Å². The molecule has 3 unspecified atom stereocenters. The number of anilines is 1. The molecular formula is C19H24FN3O3. The van der Waals surface area contributed by atoms with E-state index in [1.165, 1.54) is 29.2 Å². The van der Waals surface area contributed by atoms with Crippen LogP contribution < -0.4 is 4.90 Å². The normalized spacial score (nSPS) is 26.6. The van der Waals surface area contributed by atoms with Gasteiger partial charge in [-0.1, -0.05) is 0 Å². The molecule has 3 rings (SSSR count). The standard InChI is InChI=1S/C19H24FN3O3/c1-12-5-4-6-13(2)22(12)17(24)11-21-18(25)14(3)23(19(21)26)16-9-7-15(20)8-10-16/h7-10,12-14H,4-6,11H2,1-3H3. The van der Waals surface area contributed by atoms with Gasteiger partial charge in [0, 0.05) is 17.8 Å². The zero-order chi connectivity index (χ0) is 19.0. The molecule has 0 saturated carbocycles. The van der Waals surface area contributed by atoms with Gasteiger partial charge >= 0.3 is 6.03 Å². The maximum Gasteiger partial charge on any atom is 0.332 e. The molecule has 0 spiro atoms. The lowest BCUT2D eigenvalue weighted by Crippen LogP contribution is -2.52. The lowest BCUT2D eigenvalue weighted by Gasteiger charge is -2.39. The molecule has 140 valence electrons. The van der Waals surface area contributed by atoms with Crippen molar-refractivity contribution in [2.24, 2.45) is 0 Å². The minimum Gasteiger partial charge on any atom is -0.336 e. The number of halogens is 1. The highest BCUT2D eigenvalue weighted by molar-refractivity contribution is 6.15. The van der Waals surface area contributed by atoms with Crippen LogP contribution in [0.5, 0.6) is 0 Å². The Bertz CT molecular complexity index is 711. The summed E-state index contributed by atoms with van der Waals surface area (Å²) in [6, 6.07) is 4.33. The number of urea groups is 1. The lowest BCUT2D eigenvalue weighted by atomic mass is 9.97. The number of rotatable bonds is 3. The molecule has 3 atom stereocenters. The lowest BCUT2D eigenvalue weighted by molar-refractivity contribution is -0.141. The van der Waals surface area contributed by atoms with Crippen LogP contribution in [0.1, 0.15) is 40.0 Å². The molecule has 7 heteroatoms. The van der Waals surface area contributed by atoms with Gasteiger partial charge in [0.2, 0.25) is 5.91 Å². The van der Waals surface area contributed by atoms with Crippen molar-refractivity contribution in [3.63, 3.8) is 0 Å². The van der Waals surface area contributed by atoms with Gasteiger partial charge in [-0.2, -0.15) is 0 Å². The number of amides is 4. The number of carbonyl (C=O) groups is 3. The molecule has 0 radical (unpaired) electrons. The highest BCUT2D eigenvalue weighted by atomic mass is 19.1. The number of benzene rings is 1. The molecule has 2 fully saturated rings. The first-order chi connectivity index (χ1) is 12.3. The zero-order valence-electron chi connectivity index (χ0n) is 15.3. The second-order valence-electron chi connectivity index (χ2n) is 7.16. The number of nitrogens with zero attached hydrogens (tertiary/aromatic N) is 3. The van der Waals surface area contributed by atoms with Gasteiger partial charge in [0.1, 0.15) is 18.4 Å². The Balaban J connectivity index is 1.78. The maximum atomic E-state index is 13.1. The van der Waals surface area contributed by atoms with Crippen LogP contribution in [0, 0.1) is 5.82 Å². The van der Waals surface area contributed by atoms with Crippen LogP contribution in [0.25, 0.3) is 0 Å². The molecule has 0 N–H and O–H groups in total. The first kappa shape index (κ1) is 18.4. The molecule has 6 nitrogen and oxygen atoms in total. The van der Waals surface area contributed by atoms with Gasteiger partial charge in [-0.05, 0) is 64.3 Å². The summed E-state index contributed by atoms with van der Waals surface area (Å²) < 4.78 is 13.1. The van der Waals surface area contributed by atoms with E-state index >= 15 is 0 Å². The van der Waals surface area contributed by atoms with Gasteiger partial charge in [-0.15, -0.1) is 0 Å². The van der Waals surface area contributed by atoms with Crippen molar-refractivity contribution in [1.82, 2.24) is 9.80 Å². The summed E-state index contributed by atoms with van der Waals surface area (Å²) in [5.74, 6) is -1.04. The summed E-state index contributed by atoms with van der Waals surface area (Å²) in [7, 11) is 0. The summed E-state index contributed by atoms with van der Waals surface area (Å²) in [6.07, 6.45) is 2.93. The number of imide groups is 1. The second-order valence-corrected chi connectivity index (χ2v) is 7.16. The summed E-state index contributed by atoms with van der Waals surface area (Å²) >= 11 is 0. The first-order valence-electron chi connectivity index (χ1n) is 9.02. The van der Waals surface area contributed by atoms with E-state index in [1.54, 1.807) is 11.8 Å². The first-order valence-corrected chi connectivity index (χ1v) is 9.02. The Hall–Kier alpha value is -2.44. The Morgan fingerprint density at radius 3 is 2.23 bits per heavy atom. The van der Waals surface area contributed by atoms with Crippen molar-refractivity contribution in [3.8, 4) is 0 Å². The van der Waals surface area contributed by atoms with Crippen molar-refractivity contribution >= 4 is 23.5 Å². The van der Waals surface area contributed by atoms with Gasteiger partial charge < -0.3 is 4.90 Å². The summed E-state index contributed by atoms with van der Waals surface area (Å²) in [4.78, 5) is 42.2. The number of hydrogen-bond acceptors (Lipinski definition) is 3. The smallest absolute Gasteiger partial charge is 0.332 e. The topological polar surface area (TPSA) is 60.9 Å². The molecule has 0 aromatic heterocycles. The van der Waals surface area contributed by atoms with Gasteiger partial charge in [0.05, 0.1) is 0 Å². The SMILES string of the molecule is CC1C(=O)N(CC(=O)N2C(C)CCCC2C)C(=O)N1c1ccc(F)cc1. The highest BCUT2D eigenvalue weighted by Gasteiger charge is 2.45. The molecule has 26 heavy (non-hydrogen) atoms. The highest BCUT2D eigenvalue weighted by Crippen LogP contribution is 2.27. The predicted octanol–water partition coefficient (Wildman–Crippen LogP) is 2.77. The van der Waals surface area contributed by atoms with Crippen LogP contribution in [-0.4, -0.2) is 52.3 Å². The van der Waals surface area contributed by atoms with Crippen molar-refractivity contribution in [1.29, 1.82) is 0 Å². The molecule has 2 heterocycles. The fourth-order valence-corrected chi connectivity index (χ4v) is 3.94. The zero-order valence-corrected chi connectivity index (χ0v) is 15.3. The number of piperidine rings is 1. The van der Waals surface area contributed by atoms with E-state index in [0.717, 1.165) is 24.2 Å². The third kappa shape index (κ3) is 3.18. The van der Waals surface area contributed by atoms with Crippen molar-refractivity contribution in [2.45, 2.75) is 58.2 Å². The van der Waals surface area contributed by atoms with Gasteiger partial charge in [0.25, 0.3) is 5.91 Å². The van der Waals surface area contributed by atoms with Crippen LogP contribution in [-0.2, 0) is 9.59 Å². The van der Waals surface area contributed by atoms with Gasteiger partial charge in [-0.25, -0.2) is 9.18 Å². The summed E-state index contributed by atoms with van der Waals surface area (Å²) in [5, 5.41) is 0. The van der Waals surface area contributed by atoms with Crippen LogP contribution in [0.3, 0.4) is 0 Å². The molecule has 0 bridgehead atoms. The largest absolute Gasteiger partial charge is 0.336 e. The Labute approximate surface area is 152 Å². The van der Waals surface area contributed by atoms with E-state index in [0.29, 0.717) is 5.69 Å². The van der Waals surface area contributed by atoms with Gasteiger partial charge in [-0.3, -0.25) is 19.4 Å². The van der Waals surface area contributed by atoms with Crippen molar-refractivity contribution < 1.29 is 18.8 Å². The van der Waals surface area contributed by atoms with Crippen molar-refractivity contribution in [3.05, 3.63) is 30.1 Å². The fraction of sp³-hybridized carbons (Fsp3) is 0.526. The minimum atomic E-state index is -0.725. The number of carbonyl (C=O) groups excluding carboxylic acids is 3. The van der Waals surface area contributed by atoms with E-state index in [-0.39, 0.29) is 24.5 Å². The van der Waals surface area contributed by atoms with E-state index < -0.39 is 23.8 Å². The van der Waals surface area contributed by atoms with Gasteiger partial charge in [0.15, 0.2) is 0 Å². The average Bonchev–Trinajstić information content (AvgIpc) is 2.79. The predicted molar refractivity (Wildman–Crippen MR) is 95.1 cm³/mol. The maximum absolute atomic E-state index is 13.1. The third-order valence-corrected chi connectivity index (χ3v) is 5.33. The molecule has 2 aliphatic heterocycles. The average molecular weight is 361 g/mol. The Kier molecular flexibility index (Phi) is 4.98.